The SMILES string of the molecule is C=CCN1CC[C@]23c4c5ccc(OCc6ccccc6)c4O[C@H]2[C@@]24CC[C@]3(C[C@@H]2[C@@](C)(C(C)(C)C)OCO4)[C@H]1C5. The molecule has 0 N–H and O–H groups in total. The van der Waals surface area contributed by atoms with Crippen LogP contribution in [0.15, 0.2) is 55.1 Å². The predicted octanol–water partition coefficient (Wildman–Crippen LogP) is 6.43. The second-order valence-electron chi connectivity index (χ2n) is 14.6. The summed E-state index contributed by atoms with van der Waals surface area (Å²) in [7, 11) is 0. The number of rotatable bonds is 5. The molecular weight excluding hydrogens is 498 g/mol. The number of hydrogen-bond acceptors (Lipinski definition) is 5. The maximum absolute atomic E-state index is 7.34. The standard InChI is InChI=1S/C35H43NO4/c1-6-17-36-18-16-34-28-24-12-13-25(37-21-23-10-8-7-9-11-23)29(28)40-30(34)35-15-14-33(34,27(36)19-24)20-26(35)32(5,31(2,3)4)38-22-39-35/h6-13,26-27,30H,1,14-22H2,2-5H3/t26-,27-,30-,32+,33+,34+,35-/m1/s1. The van der Waals surface area contributed by atoms with Gasteiger partial charge in [-0.3, -0.25) is 4.90 Å². The summed E-state index contributed by atoms with van der Waals surface area (Å²) in [5.41, 5.74) is 3.42. The largest absolute Gasteiger partial charge is 0.485 e. The van der Waals surface area contributed by atoms with Crippen molar-refractivity contribution in [1.82, 2.24) is 4.90 Å². The minimum Gasteiger partial charge on any atom is -0.485 e. The molecule has 7 aliphatic rings. The Kier molecular flexibility index (Phi) is 5.17. The maximum Gasteiger partial charge on any atom is 0.166 e. The van der Waals surface area contributed by atoms with E-state index in [0.29, 0.717) is 19.4 Å². The third-order valence-corrected chi connectivity index (χ3v) is 12.5. The van der Waals surface area contributed by atoms with E-state index in [9.17, 15) is 0 Å². The first-order valence-electron chi connectivity index (χ1n) is 15.3. The van der Waals surface area contributed by atoms with Crippen molar-refractivity contribution < 1.29 is 18.9 Å². The summed E-state index contributed by atoms with van der Waals surface area (Å²) in [5, 5.41) is 0. The summed E-state index contributed by atoms with van der Waals surface area (Å²) >= 11 is 0. The zero-order valence-corrected chi connectivity index (χ0v) is 24.5. The van der Waals surface area contributed by atoms with Crippen LogP contribution in [0.2, 0.25) is 0 Å². The Hall–Kier alpha value is -2.34. The highest BCUT2D eigenvalue weighted by Crippen LogP contribution is 2.78. The van der Waals surface area contributed by atoms with Crippen LogP contribution in [0.25, 0.3) is 0 Å². The number of fused-ring (bicyclic) bond motifs is 1. The molecule has 0 amide bonds. The van der Waals surface area contributed by atoms with Gasteiger partial charge in [-0.2, -0.15) is 0 Å². The lowest BCUT2D eigenvalue weighted by Gasteiger charge is -2.76. The van der Waals surface area contributed by atoms with Crippen molar-refractivity contribution in [3.05, 3.63) is 71.8 Å². The molecule has 0 unspecified atom stereocenters. The van der Waals surface area contributed by atoms with Crippen molar-refractivity contribution in [2.45, 2.75) is 95.2 Å². The van der Waals surface area contributed by atoms with Crippen LogP contribution in [0.5, 0.6) is 11.5 Å². The van der Waals surface area contributed by atoms with E-state index in [1.807, 2.05) is 6.07 Å². The van der Waals surface area contributed by atoms with Gasteiger partial charge in [-0.1, -0.05) is 63.2 Å². The van der Waals surface area contributed by atoms with Crippen molar-refractivity contribution >= 4 is 0 Å². The van der Waals surface area contributed by atoms with Gasteiger partial charge in [-0.15, -0.1) is 6.58 Å². The van der Waals surface area contributed by atoms with Crippen LogP contribution < -0.4 is 9.47 Å². The van der Waals surface area contributed by atoms with Gasteiger partial charge in [0.2, 0.25) is 0 Å². The molecule has 4 aliphatic carbocycles. The average Bonchev–Trinajstić information content (AvgIpc) is 3.31. The second-order valence-corrected chi connectivity index (χ2v) is 14.6. The normalized spacial score (nSPS) is 40.6. The topological polar surface area (TPSA) is 40.2 Å². The van der Waals surface area contributed by atoms with E-state index in [4.69, 9.17) is 18.9 Å². The van der Waals surface area contributed by atoms with E-state index >= 15 is 0 Å². The van der Waals surface area contributed by atoms with Gasteiger partial charge >= 0.3 is 0 Å². The van der Waals surface area contributed by atoms with E-state index in [-0.39, 0.29) is 39.5 Å². The minimum atomic E-state index is -0.364. The van der Waals surface area contributed by atoms with Gasteiger partial charge in [0.25, 0.3) is 0 Å². The monoisotopic (exact) mass is 541 g/mol. The maximum atomic E-state index is 7.34. The molecule has 7 atom stereocenters. The summed E-state index contributed by atoms with van der Waals surface area (Å²) < 4.78 is 27.5. The highest BCUT2D eigenvalue weighted by Gasteiger charge is 2.83. The van der Waals surface area contributed by atoms with Gasteiger partial charge < -0.3 is 18.9 Å². The molecule has 3 heterocycles. The minimum absolute atomic E-state index is 0.0259. The zero-order valence-electron chi connectivity index (χ0n) is 24.5. The van der Waals surface area contributed by atoms with Crippen LogP contribution in [0.1, 0.15) is 70.1 Å². The van der Waals surface area contributed by atoms with Gasteiger partial charge in [0.15, 0.2) is 11.5 Å². The van der Waals surface area contributed by atoms with Crippen molar-refractivity contribution in [3.8, 4) is 11.5 Å². The lowest BCUT2D eigenvalue weighted by Crippen LogP contribution is -2.84. The molecule has 5 heteroatoms. The highest BCUT2D eigenvalue weighted by molar-refractivity contribution is 5.64. The Morgan fingerprint density at radius 1 is 1.07 bits per heavy atom. The van der Waals surface area contributed by atoms with E-state index in [0.717, 1.165) is 50.3 Å². The van der Waals surface area contributed by atoms with Crippen LogP contribution >= 0.6 is 0 Å². The molecule has 212 valence electrons. The van der Waals surface area contributed by atoms with Gasteiger partial charge in [0, 0.05) is 34.9 Å². The Labute approximate surface area is 238 Å². The molecule has 3 aliphatic heterocycles. The molecule has 4 bridgehead atoms. The number of hydrogen-bond donors (Lipinski definition) is 0. The molecule has 5 nitrogen and oxygen atoms in total. The summed E-state index contributed by atoms with van der Waals surface area (Å²) in [6, 6.07) is 15.4. The van der Waals surface area contributed by atoms with Crippen LogP contribution in [0.4, 0.5) is 0 Å². The summed E-state index contributed by atoms with van der Waals surface area (Å²) in [5.74, 6) is 2.13. The molecule has 0 aromatic heterocycles. The van der Waals surface area contributed by atoms with Crippen molar-refractivity contribution in [1.29, 1.82) is 0 Å². The number of ether oxygens (including phenoxy) is 4. The molecule has 40 heavy (non-hydrogen) atoms. The first-order chi connectivity index (χ1) is 19.2. The lowest BCUT2D eigenvalue weighted by atomic mass is 9.33. The van der Waals surface area contributed by atoms with E-state index in [2.05, 4.69) is 81.6 Å². The molecule has 3 saturated carbocycles. The lowest BCUT2D eigenvalue weighted by molar-refractivity contribution is -0.389. The van der Waals surface area contributed by atoms with Gasteiger partial charge in [0.05, 0.1) is 5.60 Å². The number of nitrogens with zero attached hydrogens (tertiary/aromatic N) is 1. The average molecular weight is 542 g/mol. The number of benzene rings is 2. The van der Waals surface area contributed by atoms with Gasteiger partial charge in [0.1, 0.15) is 25.1 Å². The van der Waals surface area contributed by atoms with Crippen LogP contribution in [-0.2, 0) is 27.9 Å². The third kappa shape index (κ3) is 2.85. The van der Waals surface area contributed by atoms with Gasteiger partial charge in [-0.05, 0) is 68.2 Å². The molecule has 5 fully saturated rings. The smallest absolute Gasteiger partial charge is 0.166 e. The fraction of sp³-hybridized carbons (Fsp3) is 0.600. The number of likely N-dealkylation sites (tertiary alicyclic amines) is 1. The van der Waals surface area contributed by atoms with Crippen LogP contribution in [-0.4, -0.2) is 48.1 Å². The fourth-order valence-electron chi connectivity index (χ4n) is 10.4. The summed E-state index contributed by atoms with van der Waals surface area (Å²) in [6.45, 7) is 16.4. The van der Waals surface area contributed by atoms with E-state index in [1.165, 1.54) is 23.1 Å². The Morgan fingerprint density at radius 3 is 2.67 bits per heavy atom. The van der Waals surface area contributed by atoms with Crippen molar-refractivity contribution in [2.24, 2.45) is 16.7 Å². The van der Waals surface area contributed by atoms with Gasteiger partial charge in [-0.25, -0.2) is 0 Å². The Balaban J connectivity index is 1.31. The highest BCUT2D eigenvalue weighted by atomic mass is 16.7. The van der Waals surface area contributed by atoms with E-state index < -0.39 is 0 Å². The van der Waals surface area contributed by atoms with Crippen LogP contribution in [0.3, 0.4) is 0 Å². The van der Waals surface area contributed by atoms with Crippen LogP contribution in [0, 0.1) is 16.7 Å². The molecular formula is C35H43NO4. The van der Waals surface area contributed by atoms with Crippen molar-refractivity contribution in [3.63, 3.8) is 0 Å². The molecule has 3 spiro atoms. The van der Waals surface area contributed by atoms with Crippen molar-refractivity contribution in [2.75, 3.05) is 19.9 Å². The number of piperidine rings is 1. The first kappa shape index (κ1) is 25.4. The molecule has 0 radical (unpaired) electrons. The second kappa shape index (κ2) is 8.14. The Morgan fingerprint density at radius 2 is 1.90 bits per heavy atom. The first-order valence-corrected chi connectivity index (χ1v) is 15.3. The third-order valence-electron chi connectivity index (χ3n) is 12.5. The van der Waals surface area contributed by atoms with E-state index in [1.54, 1.807) is 0 Å². The summed E-state index contributed by atoms with van der Waals surface area (Å²) in [4.78, 5) is 2.73. The molecule has 2 aromatic rings. The molecule has 9 rings (SSSR count). The fourth-order valence-corrected chi connectivity index (χ4v) is 10.4. The molecule has 2 saturated heterocycles. The molecule has 2 aromatic carbocycles. The Bertz CT molecular complexity index is 1370. The quantitative estimate of drug-likeness (QED) is 0.408. The predicted molar refractivity (Wildman–Crippen MR) is 155 cm³/mol. The zero-order chi connectivity index (χ0) is 27.5. The summed E-state index contributed by atoms with van der Waals surface area (Å²) in [6.07, 6.45) is 7.54.